The van der Waals surface area contributed by atoms with Crippen LogP contribution >= 0.6 is 0 Å². The fourth-order valence-corrected chi connectivity index (χ4v) is 0.595. The van der Waals surface area contributed by atoms with E-state index >= 15 is 0 Å². The van der Waals surface area contributed by atoms with E-state index in [1.54, 1.807) is 0 Å². The molecule has 0 aromatic rings. The predicted octanol–water partition coefficient (Wildman–Crippen LogP) is 1.96. The second-order valence-corrected chi connectivity index (χ2v) is 2.14. The summed E-state index contributed by atoms with van der Waals surface area (Å²) >= 11 is 0. The molecule has 1 atom stereocenters. The Morgan fingerprint density at radius 3 is 2.58 bits per heavy atom. The minimum absolute atomic E-state index is 0.336. The van der Waals surface area contributed by atoms with Crippen molar-refractivity contribution in [2.45, 2.75) is 32.8 Å². The molecule has 0 fully saturated rings. The van der Waals surface area contributed by atoms with E-state index in [9.17, 15) is 4.79 Å². The lowest BCUT2D eigenvalue weighted by Gasteiger charge is -2.07. The van der Waals surface area contributed by atoms with Gasteiger partial charge in [-0.1, -0.05) is 25.7 Å². The van der Waals surface area contributed by atoms with Crippen LogP contribution in [0.1, 0.15) is 26.7 Å². The monoisotopic (exact) mass is 170 g/mol. The van der Waals surface area contributed by atoms with Crippen molar-refractivity contribution in [2.24, 2.45) is 0 Å². The van der Waals surface area contributed by atoms with Gasteiger partial charge in [0.05, 0.1) is 7.11 Å². The molecule has 0 saturated heterocycles. The molecule has 0 radical (unpaired) electrons. The van der Waals surface area contributed by atoms with E-state index in [4.69, 9.17) is 4.74 Å². The number of ether oxygens (including phenoxy) is 2. The number of methoxy groups -OCH3 is 1. The Morgan fingerprint density at radius 2 is 2.17 bits per heavy atom. The van der Waals surface area contributed by atoms with E-state index in [-0.39, 0.29) is 6.10 Å². The molecule has 1 unspecified atom stereocenters. The summed E-state index contributed by atoms with van der Waals surface area (Å²) in [7, 11) is 1.28. The molecule has 0 aromatic carbocycles. The van der Waals surface area contributed by atoms with E-state index in [0.717, 1.165) is 6.42 Å². The molecule has 0 aromatic heterocycles. The second-order valence-electron chi connectivity index (χ2n) is 2.14. The van der Waals surface area contributed by atoms with Crippen LogP contribution < -0.4 is 0 Å². The third-order valence-corrected chi connectivity index (χ3v) is 1.22. The van der Waals surface area contributed by atoms with Gasteiger partial charge in [-0.3, -0.25) is 0 Å². The summed E-state index contributed by atoms with van der Waals surface area (Å²) < 4.78 is 9.15. The first kappa shape index (κ1) is 10.8. The standard InChI is InChI=1S/C9H14O3/c1-4-6-7-8(5-2)12-9(10)11-3/h8H,4-5H2,1-3H3. The van der Waals surface area contributed by atoms with Gasteiger partial charge in [-0.25, -0.2) is 4.79 Å². The molecule has 0 aliphatic carbocycles. The Bertz CT molecular complexity index is 188. The quantitative estimate of drug-likeness (QED) is 0.469. The summed E-state index contributed by atoms with van der Waals surface area (Å²) in [6, 6.07) is 0. The molecule has 0 rings (SSSR count). The molecule has 0 spiro atoms. The highest BCUT2D eigenvalue weighted by molar-refractivity contribution is 5.60. The first-order valence-corrected chi connectivity index (χ1v) is 3.97. The molecule has 3 nitrogen and oxygen atoms in total. The Balaban J connectivity index is 3.91. The van der Waals surface area contributed by atoms with Gasteiger partial charge < -0.3 is 9.47 Å². The van der Waals surface area contributed by atoms with Gasteiger partial charge in [0, 0.05) is 6.42 Å². The van der Waals surface area contributed by atoms with Gasteiger partial charge >= 0.3 is 6.16 Å². The summed E-state index contributed by atoms with van der Waals surface area (Å²) in [5.74, 6) is 5.66. The van der Waals surface area contributed by atoms with Crippen molar-refractivity contribution in [3.63, 3.8) is 0 Å². The zero-order valence-electron chi connectivity index (χ0n) is 7.72. The van der Waals surface area contributed by atoms with Gasteiger partial charge in [-0.2, -0.15) is 0 Å². The third-order valence-electron chi connectivity index (χ3n) is 1.22. The van der Waals surface area contributed by atoms with Crippen LogP contribution in [0.25, 0.3) is 0 Å². The molecule has 0 amide bonds. The van der Waals surface area contributed by atoms with Gasteiger partial charge in [0.25, 0.3) is 0 Å². The second kappa shape index (κ2) is 6.53. The maximum atomic E-state index is 10.6. The summed E-state index contributed by atoms with van der Waals surface area (Å²) in [5, 5.41) is 0. The van der Waals surface area contributed by atoms with Crippen molar-refractivity contribution in [3.05, 3.63) is 0 Å². The van der Waals surface area contributed by atoms with Crippen molar-refractivity contribution >= 4 is 6.16 Å². The number of carbonyl (C=O) groups excluding carboxylic acids is 1. The van der Waals surface area contributed by atoms with Crippen LogP contribution in [0.2, 0.25) is 0 Å². The summed E-state index contributed by atoms with van der Waals surface area (Å²) in [5.41, 5.74) is 0. The highest BCUT2D eigenvalue weighted by Gasteiger charge is 2.08. The van der Waals surface area contributed by atoms with Crippen LogP contribution in [0.4, 0.5) is 4.79 Å². The SMILES string of the molecule is CCC#CC(CC)OC(=O)OC. The lowest BCUT2D eigenvalue weighted by atomic mass is 10.3. The van der Waals surface area contributed by atoms with Crippen LogP contribution in [-0.2, 0) is 9.47 Å². The average molecular weight is 170 g/mol. The molecule has 0 heterocycles. The molecule has 0 bridgehead atoms. The maximum Gasteiger partial charge on any atom is 0.509 e. The van der Waals surface area contributed by atoms with E-state index < -0.39 is 6.16 Å². The molecule has 0 aliphatic rings. The molecule has 12 heavy (non-hydrogen) atoms. The molecule has 0 N–H and O–H groups in total. The number of rotatable bonds is 2. The molecular formula is C9H14O3. The van der Waals surface area contributed by atoms with Gasteiger partial charge in [0.2, 0.25) is 0 Å². The molecule has 3 heteroatoms. The topological polar surface area (TPSA) is 35.5 Å². The minimum Gasteiger partial charge on any atom is -0.438 e. The smallest absolute Gasteiger partial charge is 0.438 e. The first-order chi connectivity index (χ1) is 5.74. The van der Waals surface area contributed by atoms with Crippen LogP contribution in [-0.4, -0.2) is 19.4 Å². The average Bonchev–Trinajstić information content (AvgIpc) is 2.11. The van der Waals surface area contributed by atoms with Gasteiger partial charge in [0.15, 0.2) is 6.10 Å². The lowest BCUT2D eigenvalue weighted by Crippen LogP contribution is -2.15. The Hall–Kier alpha value is -1.17. The predicted molar refractivity (Wildman–Crippen MR) is 45.6 cm³/mol. The maximum absolute atomic E-state index is 10.6. The van der Waals surface area contributed by atoms with Crippen molar-refractivity contribution in [1.29, 1.82) is 0 Å². The molecule has 0 aliphatic heterocycles. The minimum atomic E-state index is -0.674. The lowest BCUT2D eigenvalue weighted by molar-refractivity contribution is 0.0542. The van der Waals surface area contributed by atoms with Crippen molar-refractivity contribution in [1.82, 2.24) is 0 Å². The van der Waals surface area contributed by atoms with Gasteiger partial charge in [-0.15, -0.1) is 0 Å². The van der Waals surface area contributed by atoms with Crippen molar-refractivity contribution in [2.75, 3.05) is 7.11 Å². The number of hydrogen-bond acceptors (Lipinski definition) is 3. The van der Waals surface area contributed by atoms with Crippen LogP contribution in [0.15, 0.2) is 0 Å². The van der Waals surface area contributed by atoms with Crippen molar-refractivity contribution < 1.29 is 14.3 Å². The molecule has 68 valence electrons. The Morgan fingerprint density at radius 1 is 1.50 bits per heavy atom. The third kappa shape index (κ3) is 4.62. The zero-order valence-corrected chi connectivity index (χ0v) is 7.72. The molecular weight excluding hydrogens is 156 g/mol. The van der Waals surface area contributed by atoms with E-state index in [1.807, 2.05) is 13.8 Å². The van der Waals surface area contributed by atoms with Gasteiger partial charge in [-0.05, 0) is 6.42 Å². The Labute approximate surface area is 73.0 Å². The fourth-order valence-electron chi connectivity index (χ4n) is 0.595. The highest BCUT2D eigenvalue weighted by Crippen LogP contribution is 1.97. The summed E-state index contributed by atoms with van der Waals surface area (Å²) in [6.45, 7) is 3.84. The zero-order chi connectivity index (χ0) is 9.40. The Kier molecular flexibility index (Phi) is 5.90. The molecule has 0 saturated carbocycles. The van der Waals surface area contributed by atoms with E-state index in [1.165, 1.54) is 7.11 Å². The first-order valence-electron chi connectivity index (χ1n) is 3.97. The number of hydrogen-bond donors (Lipinski definition) is 0. The van der Waals surface area contributed by atoms with Crippen LogP contribution in [0.3, 0.4) is 0 Å². The highest BCUT2D eigenvalue weighted by atomic mass is 16.7. The fraction of sp³-hybridized carbons (Fsp3) is 0.667. The van der Waals surface area contributed by atoms with Gasteiger partial charge in [0.1, 0.15) is 0 Å². The van der Waals surface area contributed by atoms with E-state index in [0.29, 0.717) is 6.42 Å². The van der Waals surface area contributed by atoms with Crippen LogP contribution in [0.5, 0.6) is 0 Å². The van der Waals surface area contributed by atoms with E-state index in [2.05, 4.69) is 16.6 Å². The van der Waals surface area contributed by atoms with Crippen molar-refractivity contribution in [3.8, 4) is 11.8 Å². The largest absolute Gasteiger partial charge is 0.509 e. The number of carbonyl (C=O) groups is 1. The summed E-state index contributed by atoms with van der Waals surface area (Å²) in [6.07, 6.45) is 0.438. The summed E-state index contributed by atoms with van der Waals surface area (Å²) in [4.78, 5) is 10.6. The normalized spacial score (nSPS) is 10.9. The van der Waals surface area contributed by atoms with Crippen LogP contribution in [0, 0.1) is 11.8 Å².